The van der Waals surface area contributed by atoms with E-state index in [1.54, 1.807) is 24.3 Å². The molecular formula is C13H18N3O3P. The van der Waals surface area contributed by atoms with Gasteiger partial charge in [0.05, 0.1) is 6.61 Å². The maximum absolute atomic E-state index is 12.8. The smallest absolute Gasteiger partial charge is 0.311 e. The first kappa shape index (κ1) is 13.6. The van der Waals surface area contributed by atoms with E-state index in [1.165, 1.54) is 0 Å². The molecule has 2 heterocycles. The van der Waals surface area contributed by atoms with Crippen LogP contribution in [0, 0.1) is 0 Å². The molecule has 0 spiro atoms. The average molecular weight is 295 g/mol. The van der Waals surface area contributed by atoms with Gasteiger partial charge >= 0.3 is 7.59 Å². The predicted molar refractivity (Wildman–Crippen MR) is 75.8 cm³/mol. The Morgan fingerprint density at radius 1 is 1.30 bits per heavy atom. The van der Waals surface area contributed by atoms with Gasteiger partial charge in [-0.05, 0) is 25.1 Å². The van der Waals surface area contributed by atoms with E-state index in [4.69, 9.17) is 4.74 Å². The molecule has 3 rings (SSSR count). The number of nitrogens with one attached hydrogen (secondary N) is 1. The Balaban J connectivity index is 1.75. The van der Waals surface area contributed by atoms with Gasteiger partial charge in [0.25, 0.3) is 5.91 Å². The zero-order chi connectivity index (χ0) is 14.2. The van der Waals surface area contributed by atoms with Gasteiger partial charge in [0.1, 0.15) is 5.75 Å². The summed E-state index contributed by atoms with van der Waals surface area (Å²) < 4.78 is 21.8. The van der Waals surface area contributed by atoms with E-state index in [9.17, 15) is 9.36 Å². The van der Waals surface area contributed by atoms with Crippen molar-refractivity contribution in [3.8, 4) is 5.75 Å². The maximum atomic E-state index is 12.8. The summed E-state index contributed by atoms with van der Waals surface area (Å²) in [5.41, 5.74) is 0.472. The van der Waals surface area contributed by atoms with E-state index in [2.05, 4.69) is 5.09 Å². The molecule has 0 bridgehead atoms. The topological polar surface area (TPSA) is 61.4 Å². The predicted octanol–water partition coefficient (Wildman–Crippen LogP) is 1.55. The highest BCUT2D eigenvalue weighted by molar-refractivity contribution is 7.58. The average Bonchev–Trinajstić information content (AvgIpc) is 3.32. The number of carbonyl (C=O) groups excluding carboxylic acids is 1. The molecule has 0 aliphatic carbocycles. The van der Waals surface area contributed by atoms with Crippen molar-refractivity contribution in [3.63, 3.8) is 0 Å². The molecule has 0 aromatic heterocycles. The van der Waals surface area contributed by atoms with Crippen LogP contribution >= 0.6 is 7.59 Å². The Labute approximate surface area is 118 Å². The molecule has 1 N–H and O–H groups in total. The first-order valence-corrected chi connectivity index (χ1v) is 8.41. The van der Waals surface area contributed by atoms with Crippen molar-refractivity contribution in [3.05, 3.63) is 29.8 Å². The number of benzene rings is 1. The molecule has 2 aliphatic rings. The van der Waals surface area contributed by atoms with Crippen LogP contribution in [0.4, 0.5) is 0 Å². The summed E-state index contributed by atoms with van der Waals surface area (Å²) in [5, 5.41) is 2.72. The fourth-order valence-corrected chi connectivity index (χ4v) is 4.34. The van der Waals surface area contributed by atoms with Crippen molar-refractivity contribution in [2.45, 2.75) is 6.92 Å². The van der Waals surface area contributed by atoms with Crippen molar-refractivity contribution in [2.24, 2.45) is 0 Å². The summed E-state index contributed by atoms with van der Waals surface area (Å²) >= 11 is 0. The van der Waals surface area contributed by atoms with Gasteiger partial charge in [-0.25, -0.2) is 9.34 Å². The number of amides is 1. The third-order valence-electron chi connectivity index (χ3n) is 3.27. The van der Waals surface area contributed by atoms with E-state index >= 15 is 0 Å². The minimum Gasteiger partial charge on any atom is -0.494 e. The highest BCUT2D eigenvalue weighted by Crippen LogP contribution is 2.56. The van der Waals surface area contributed by atoms with Gasteiger partial charge in [-0.1, -0.05) is 6.07 Å². The Morgan fingerprint density at radius 3 is 2.50 bits per heavy atom. The Bertz CT molecular complexity index is 554. The van der Waals surface area contributed by atoms with E-state index in [1.807, 2.05) is 16.3 Å². The zero-order valence-corrected chi connectivity index (χ0v) is 12.3. The second-order valence-corrected chi connectivity index (χ2v) is 7.30. The summed E-state index contributed by atoms with van der Waals surface area (Å²) in [7, 11) is -2.87. The largest absolute Gasteiger partial charge is 0.494 e. The van der Waals surface area contributed by atoms with Gasteiger partial charge in [0.2, 0.25) is 0 Å². The third-order valence-corrected chi connectivity index (χ3v) is 6.10. The molecule has 20 heavy (non-hydrogen) atoms. The van der Waals surface area contributed by atoms with Gasteiger partial charge < -0.3 is 4.74 Å². The number of carbonyl (C=O) groups is 1. The molecule has 0 unspecified atom stereocenters. The number of nitrogens with zero attached hydrogens (tertiary/aromatic N) is 2. The highest BCUT2D eigenvalue weighted by Gasteiger charge is 2.49. The lowest BCUT2D eigenvalue weighted by molar-refractivity contribution is 0.0977. The molecule has 2 saturated heterocycles. The second kappa shape index (κ2) is 5.20. The monoisotopic (exact) mass is 295 g/mol. The summed E-state index contributed by atoms with van der Waals surface area (Å²) in [5.74, 6) is 0.335. The zero-order valence-electron chi connectivity index (χ0n) is 11.4. The lowest BCUT2D eigenvalue weighted by Gasteiger charge is -2.20. The minimum absolute atomic E-state index is 0.311. The van der Waals surface area contributed by atoms with Crippen molar-refractivity contribution in [1.29, 1.82) is 0 Å². The molecule has 1 amide bonds. The molecule has 0 atom stereocenters. The summed E-state index contributed by atoms with van der Waals surface area (Å²) in [6, 6.07) is 6.94. The Morgan fingerprint density at radius 2 is 1.95 bits per heavy atom. The number of ether oxygens (including phenoxy) is 1. The van der Waals surface area contributed by atoms with Crippen LogP contribution in [0.15, 0.2) is 24.3 Å². The number of hydrogen-bond donors (Lipinski definition) is 1. The van der Waals surface area contributed by atoms with Crippen LogP contribution in [0.5, 0.6) is 5.75 Å². The molecule has 0 saturated carbocycles. The SMILES string of the molecule is CCOc1cccc(C(=O)NP(=O)(N2CC2)N2CC2)c1. The van der Waals surface area contributed by atoms with Gasteiger partial charge in [-0.3, -0.25) is 14.4 Å². The Hall–Kier alpha value is -1.36. The van der Waals surface area contributed by atoms with Gasteiger partial charge in [-0.15, -0.1) is 0 Å². The van der Waals surface area contributed by atoms with Crippen molar-refractivity contribution in [1.82, 2.24) is 14.4 Å². The molecule has 2 aliphatic heterocycles. The van der Waals surface area contributed by atoms with Crippen molar-refractivity contribution >= 4 is 13.5 Å². The van der Waals surface area contributed by atoms with Gasteiger partial charge in [-0.2, -0.15) is 0 Å². The molecule has 6 nitrogen and oxygen atoms in total. The fraction of sp³-hybridized carbons (Fsp3) is 0.462. The van der Waals surface area contributed by atoms with Crippen molar-refractivity contribution in [2.75, 3.05) is 32.8 Å². The lowest BCUT2D eigenvalue weighted by atomic mass is 10.2. The van der Waals surface area contributed by atoms with Crippen LogP contribution in [0.2, 0.25) is 0 Å². The Kier molecular flexibility index (Phi) is 3.54. The van der Waals surface area contributed by atoms with E-state index in [0.717, 1.165) is 26.2 Å². The molecule has 108 valence electrons. The van der Waals surface area contributed by atoms with E-state index in [-0.39, 0.29) is 5.91 Å². The number of rotatable bonds is 6. The normalized spacial score (nSPS) is 18.6. The van der Waals surface area contributed by atoms with Crippen LogP contribution < -0.4 is 9.82 Å². The quantitative estimate of drug-likeness (QED) is 0.637. The van der Waals surface area contributed by atoms with E-state index in [0.29, 0.717) is 17.9 Å². The van der Waals surface area contributed by atoms with Crippen LogP contribution in [0.1, 0.15) is 17.3 Å². The molecule has 2 fully saturated rings. The minimum atomic E-state index is -2.87. The summed E-state index contributed by atoms with van der Waals surface area (Å²) in [6.45, 7) is 5.58. The van der Waals surface area contributed by atoms with Crippen LogP contribution in [-0.2, 0) is 4.57 Å². The molecule has 0 radical (unpaired) electrons. The molecule has 7 heteroatoms. The molecule has 1 aromatic carbocycles. The maximum Gasteiger partial charge on any atom is 0.311 e. The lowest BCUT2D eigenvalue weighted by Crippen LogP contribution is -2.27. The number of hydrogen-bond acceptors (Lipinski definition) is 3. The summed E-state index contributed by atoms with van der Waals surface area (Å²) in [4.78, 5) is 12.3. The van der Waals surface area contributed by atoms with Gasteiger partial charge in [0.15, 0.2) is 0 Å². The van der Waals surface area contributed by atoms with Crippen LogP contribution in [0.25, 0.3) is 0 Å². The fourth-order valence-electron chi connectivity index (χ4n) is 2.04. The third kappa shape index (κ3) is 2.73. The van der Waals surface area contributed by atoms with Crippen molar-refractivity contribution < 1.29 is 14.1 Å². The molecule has 1 aromatic rings. The first-order valence-electron chi connectivity index (χ1n) is 6.80. The van der Waals surface area contributed by atoms with Gasteiger partial charge in [0, 0.05) is 31.7 Å². The van der Waals surface area contributed by atoms with E-state index < -0.39 is 7.59 Å². The highest BCUT2D eigenvalue weighted by atomic mass is 31.2. The molecular weight excluding hydrogens is 277 g/mol. The summed E-state index contributed by atoms with van der Waals surface area (Å²) in [6.07, 6.45) is 0. The van der Waals surface area contributed by atoms with Crippen LogP contribution in [0.3, 0.4) is 0 Å². The first-order chi connectivity index (χ1) is 9.63. The van der Waals surface area contributed by atoms with Crippen LogP contribution in [-0.4, -0.2) is 48.0 Å². The standard InChI is InChI=1S/C13H18N3O3P/c1-2-19-12-5-3-4-11(10-12)13(17)14-20(18,15-6-7-15)16-8-9-16/h3-5,10H,2,6-9H2,1H3,(H,14,17,18). The second-order valence-electron chi connectivity index (χ2n) is 4.85.